The Morgan fingerprint density at radius 1 is 1.26 bits per heavy atom. The second-order valence-electron chi connectivity index (χ2n) is 5.49. The number of methoxy groups -OCH3 is 1. The Balaban J connectivity index is 1.89. The lowest BCUT2D eigenvalue weighted by molar-refractivity contribution is -0.123. The van der Waals surface area contributed by atoms with Crippen molar-refractivity contribution in [1.29, 1.82) is 0 Å². The zero-order chi connectivity index (χ0) is 16.5. The molecule has 1 aromatic heterocycles. The van der Waals surface area contributed by atoms with E-state index in [-0.39, 0.29) is 11.9 Å². The molecule has 4 nitrogen and oxygen atoms in total. The monoisotopic (exact) mass is 332 g/mol. The van der Waals surface area contributed by atoms with Crippen LogP contribution in [0.5, 0.6) is 0 Å². The van der Waals surface area contributed by atoms with Crippen LogP contribution >= 0.6 is 11.3 Å². The van der Waals surface area contributed by atoms with Crippen LogP contribution in [0, 0.1) is 0 Å². The molecule has 0 bridgehead atoms. The molecule has 0 saturated heterocycles. The van der Waals surface area contributed by atoms with Gasteiger partial charge in [-0.15, -0.1) is 11.3 Å². The van der Waals surface area contributed by atoms with Crippen molar-refractivity contribution in [2.24, 2.45) is 0 Å². The first-order valence-corrected chi connectivity index (χ1v) is 8.65. The van der Waals surface area contributed by atoms with E-state index in [0.717, 1.165) is 13.1 Å². The van der Waals surface area contributed by atoms with E-state index < -0.39 is 0 Å². The highest BCUT2D eigenvalue weighted by molar-refractivity contribution is 7.10. The van der Waals surface area contributed by atoms with Gasteiger partial charge in [-0.25, -0.2) is 0 Å². The second-order valence-corrected chi connectivity index (χ2v) is 6.47. The van der Waals surface area contributed by atoms with Crippen molar-refractivity contribution in [3.63, 3.8) is 0 Å². The van der Waals surface area contributed by atoms with Crippen molar-refractivity contribution < 1.29 is 9.53 Å². The van der Waals surface area contributed by atoms with Crippen LogP contribution in [0.4, 0.5) is 0 Å². The number of hydrogen-bond donors (Lipinski definition) is 1. The molecule has 0 spiro atoms. The van der Waals surface area contributed by atoms with Crippen LogP contribution in [-0.4, -0.2) is 37.6 Å². The maximum atomic E-state index is 12.3. The number of benzene rings is 1. The van der Waals surface area contributed by atoms with Gasteiger partial charge in [-0.1, -0.05) is 36.4 Å². The Hall–Kier alpha value is -1.69. The summed E-state index contributed by atoms with van der Waals surface area (Å²) in [6.45, 7) is 4.46. The Morgan fingerprint density at radius 2 is 2.04 bits per heavy atom. The van der Waals surface area contributed by atoms with Gasteiger partial charge in [0.1, 0.15) is 0 Å². The van der Waals surface area contributed by atoms with E-state index in [0.29, 0.717) is 13.2 Å². The lowest BCUT2D eigenvalue weighted by Gasteiger charge is -2.22. The fourth-order valence-electron chi connectivity index (χ4n) is 2.38. The summed E-state index contributed by atoms with van der Waals surface area (Å²) in [5.41, 5.74) is 1.20. The molecule has 1 aromatic carbocycles. The summed E-state index contributed by atoms with van der Waals surface area (Å²) in [6.07, 6.45) is 0. The first kappa shape index (κ1) is 17.7. The number of ether oxygens (including phenoxy) is 1. The Kier molecular flexibility index (Phi) is 7.26. The van der Waals surface area contributed by atoms with Gasteiger partial charge in [0.2, 0.25) is 5.91 Å². The summed E-state index contributed by atoms with van der Waals surface area (Å²) in [5, 5.41) is 5.09. The highest BCUT2D eigenvalue weighted by Gasteiger charge is 2.14. The van der Waals surface area contributed by atoms with Gasteiger partial charge in [0.15, 0.2) is 0 Å². The minimum Gasteiger partial charge on any atom is -0.383 e. The Morgan fingerprint density at radius 3 is 2.70 bits per heavy atom. The van der Waals surface area contributed by atoms with Crippen LogP contribution in [0.3, 0.4) is 0 Å². The molecule has 2 aromatic rings. The fraction of sp³-hybridized carbons (Fsp3) is 0.389. The molecule has 0 aliphatic carbocycles. The van der Waals surface area contributed by atoms with E-state index in [1.807, 2.05) is 42.6 Å². The van der Waals surface area contributed by atoms with Gasteiger partial charge >= 0.3 is 0 Å². The Labute approximate surface area is 142 Å². The molecule has 0 aliphatic rings. The lowest BCUT2D eigenvalue weighted by atomic mass is 10.2. The van der Waals surface area contributed by atoms with Gasteiger partial charge in [0.25, 0.3) is 0 Å². The van der Waals surface area contributed by atoms with Crippen LogP contribution in [0.25, 0.3) is 0 Å². The molecule has 5 heteroatoms. The van der Waals surface area contributed by atoms with E-state index in [2.05, 4.69) is 22.3 Å². The number of hydrogen-bond acceptors (Lipinski definition) is 4. The Bertz CT molecular complexity index is 572. The van der Waals surface area contributed by atoms with E-state index in [9.17, 15) is 4.79 Å². The predicted octanol–water partition coefficient (Wildman–Crippen LogP) is 3.07. The van der Waals surface area contributed by atoms with E-state index in [1.165, 1.54) is 10.4 Å². The standard InChI is InChI=1S/C18H24N2O2S/c1-15(17-9-6-12-23-17)19-18(21)14-20(10-11-22-2)13-16-7-4-3-5-8-16/h3-9,12,15H,10-11,13-14H2,1-2H3,(H,19,21). The third-order valence-corrected chi connectivity index (χ3v) is 4.63. The van der Waals surface area contributed by atoms with Gasteiger partial charge in [-0.3, -0.25) is 9.69 Å². The third-order valence-electron chi connectivity index (χ3n) is 3.58. The third kappa shape index (κ3) is 6.14. The molecule has 0 aliphatic heterocycles. The summed E-state index contributed by atoms with van der Waals surface area (Å²) in [4.78, 5) is 15.6. The molecule has 23 heavy (non-hydrogen) atoms. The molecule has 1 atom stereocenters. The van der Waals surface area contributed by atoms with Crippen LogP contribution in [0.2, 0.25) is 0 Å². The van der Waals surface area contributed by atoms with Crippen LogP contribution < -0.4 is 5.32 Å². The van der Waals surface area contributed by atoms with Gasteiger partial charge in [0, 0.05) is 25.1 Å². The van der Waals surface area contributed by atoms with Crippen molar-refractivity contribution in [3.8, 4) is 0 Å². The number of carbonyl (C=O) groups excluding carboxylic acids is 1. The molecule has 1 unspecified atom stereocenters. The number of thiophene rings is 1. The average Bonchev–Trinajstić information content (AvgIpc) is 3.08. The van der Waals surface area contributed by atoms with E-state index in [1.54, 1.807) is 18.4 Å². The quantitative estimate of drug-likeness (QED) is 0.767. The second kappa shape index (κ2) is 9.45. The summed E-state index contributed by atoms with van der Waals surface area (Å²) in [6, 6.07) is 14.3. The zero-order valence-corrected chi connectivity index (χ0v) is 14.5. The summed E-state index contributed by atoms with van der Waals surface area (Å²) >= 11 is 1.66. The molecule has 0 saturated carbocycles. The van der Waals surface area contributed by atoms with Crippen molar-refractivity contribution in [2.45, 2.75) is 19.5 Å². The predicted molar refractivity (Wildman–Crippen MR) is 94.5 cm³/mol. The summed E-state index contributed by atoms with van der Waals surface area (Å²) in [5.74, 6) is 0.0398. The highest BCUT2D eigenvalue weighted by Crippen LogP contribution is 2.17. The molecular formula is C18H24N2O2S. The number of nitrogens with one attached hydrogen (secondary N) is 1. The zero-order valence-electron chi connectivity index (χ0n) is 13.7. The largest absolute Gasteiger partial charge is 0.383 e. The first-order valence-electron chi connectivity index (χ1n) is 7.77. The molecule has 1 heterocycles. The van der Waals surface area contributed by atoms with Gasteiger partial charge in [-0.2, -0.15) is 0 Å². The van der Waals surface area contributed by atoms with Crippen LogP contribution in [-0.2, 0) is 16.1 Å². The van der Waals surface area contributed by atoms with Crippen molar-refractivity contribution in [2.75, 3.05) is 26.8 Å². The van der Waals surface area contributed by atoms with Crippen molar-refractivity contribution >= 4 is 17.2 Å². The fourth-order valence-corrected chi connectivity index (χ4v) is 3.11. The van der Waals surface area contributed by atoms with E-state index >= 15 is 0 Å². The summed E-state index contributed by atoms with van der Waals surface area (Å²) in [7, 11) is 1.68. The molecule has 1 N–H and O–H groups in total. The van der Waals surface area contributed by atoms with Crippen LogP contribution in [0.1, 0.15) is 23.4 Å². The first-order chi connectivity index (χ1) is 11.2. The molecule has 124 valence electrons. The SMILES string of the molecule is COCCN(CC(=O)NC(C)c1cccs1)Cc1ccccc1. The van der Waals surface area contributed by atoms with Crippen molar-refractivity contribution in [3.05, 3.63) is 58.3 Å². The van der Waals surface area contributed by atoms with E-state index in [4.69, 9.17) is 4.74 Å². The van der Waals surface area contributed by atoms with Crippen molar-refractivity contribution in [1.82, 2.24) is 10.2 Å². The number of carbonyl (C=O) groups is 1. The smallest absolute Gasteiger partial charge is 0.234 e. The van der Waals surface area contributed by atoms with Gasteiger partial charge in [-0.05, 0) is 23.9 Å². The van der Waals surface area contributed by atoms with Gasteiger partial charge < -0.3 is 10.1 Å². The number of nitrogens with zero attached hydrogens (tertiary/aromatic N) is 1. The molecule has 1 amide bonds. The lowest BCUT2D eigenvalue weighted by Crippen LogP contribution is -2.39. The maximum Gasteiger partial charge on any atom is 0.234 e. The highest BCUT2D eigenvalue weighted by atomic mass is 32.1. The molecule has 2 rings (SSSR count). The number of amides is 1. The normalized spacial score (nSPS) is 12.3. The summed E-state index contributed by atoms with van der Waals surface area (Å²) < 4.78 is 5.16. The maximum absolute atomic E-state index is 12.3. The van der Waals surface area contributed by atoms with Gasteiger partial charge in [0.05, 0.1) is 19.2 Å². The minimum atomic E-state index is 0.0398. The molecule has 0 fully saturated rings. The van der Waals surface area contributed by atoms with Crippen LogP contribution in [0.15, 0.2) is 47.8 Å². The molecule has 0 radical (unpaired) electrons. The topological polar surface area (TPSA) is 41.6 Å². The molecular weight excluding hydrogens is 308 g/mol. The average molecular weight is 332 g/mol. The number of rotatable bonds is 9. The minimum absolute atomic E-state index is 0.0398.